The van der Waals surface area contributed by atoms with Gasteiger partial charge >= 0.3 is 5.97 Å². The Morgan fingerprint density at radius 2 is 2.12 bits per heavy atom. The fourth-order valence-electron chi connectivity index (χ4n) is 1.70. The maximum Gasteiger partial charge on any atom is 0.341 e. The highest BCUT2D eigenvalue weighted by Crippen LogP contribution is 2.22. The summed E-state index contributed by atoms with van der Waals surface area (Å²) in [6.45, 7) is 6.19. The molecule has 17 heavy (non-hydrogen) atoms. The average molecular weight is 237 g/mol. The first-order valence-corrected chi connectivity index (χ1v) is 5.90. The number of carboxylic acids is 1. The van der Waals surface area contributed by atoms with Crippen molar-refractivity contribution in [3.8, 4) is 5.75 Å². The molecule has 1 rings (SSSR count). The standard InChI is InChI=1S/C13H19NO3/c1-4-5-6-7-17-11-8-9(2)14-10(3)12(11)13(15)16/h8H,4-7H2,1-3H3,(H,15,16). The number of rotatable bonds is 6. The fourth-order valence-corrected chi connectivity index (χ4v) is 1.70. The van der Waals surface area contributed by atoms with E-state index in [1.165, 1.54) is 0 Å². The summed E-state index contributed by atoms with van der Waals surface area (Å²) in [5.41, 5.74) is 1.45. The summed E-state index contributed by atoms with van der Waals surface area (Å²) in [5.74, 6) is -0.556. The number of aryl methyl sites for hydroxylation is 2. The Hall–Kier alpha value is -1.58. The summed E-state index contributed by atoms with van der Waals surface area (Å²) in [6, 6.07) is 1.68. The van der Waals surface area contributed by atoms with Gasteiger partial charge in [-0.1, -0.05) is 19.8 Å². The van der Waals surface area contributed by atoms with Crippen LogP contribution in [0.15, 0.2) is 6.07 Å². The summed E-state index contributed by atoms with van der Waals surface area (Å²) >= 11 is 0. The van der Waals surface area contributed by atoms with E-state index in [1.807, 2.05) is 6.92 Å². The van der Waals surface area contributed by atoms with Gasteiger partial charge in [-0.2, -0.15) is 0 Å². The molecule has 0 bridgehead atoms. The maximum absolute atomic E-state index is 11.1. The number of aromatic carboxylic acids is 1. The van der Waals surface area contributed by atoms with Gasteiger partial charge in [0.15, 0.2) is 0 Å². The van der Waals surface area contributed by atoms with Gasteiger partial charge in [-0.25, -0.2) is 4.79 Å². The topological polar surface area (TPSA) is 59.4 Å². The summed E-state index contributed by atoms with van der Waals surface area (Å²) in [6.07, 6.45) is 3.14. The number of nitrogens with zero attached hydrogens (tertiary/aromatic N) is 1. The van der Waals surface area contributed by atoms with Gasteiger partial charge < -0.3 is 9.84 Å². The van der Waals surface area contributed by atoms with E-state index >= 15 is 0 Å². The van der Waals surface area contributed by atoms with E-state index in [0.29, 0.717) is 18.1 Å². The zero-order valence-corrected chi connectivity index (χ0v) is 10.6. The predicted molar refractivity (Wildman–Crippen MR) is 65.7 cm³/mol. The van der Waals surface area contributed by atoms with Gasteiger partial charge in [0.2, 0.25) is 0 Å². The number of carboxylic acid groups (broad SMARTS) is 1. The van der Waals surface area contributed by atoms with Crippen molar-refractivity contribution in [3.63, 3.8) is 0 Å². The molecule has 4 heteroatoms. The van der Waals surface area contributed by atoms with Crippen LogP contribution in [0.5, 0.6) is 5.75 Å². The van der Waals surface area contributed by atoms with E-state index in [1.54, 1.807) is 13.0 Å². The van der Waals surface area contributed by atoms with Crippen molar-refractivity contribution in [2.45, 2.75) is 40.0 Å². The van der Waals surface area contributed by atoms with Gasteiger partial charge in [0, 0.05) is 11.8 Å². The van der Waals surface area contributed by atoms with Crippen molar-refractivity contribution in [2.24, 2.45) is 0 Å². The van der Waals surface area contributed by atoms with Gasteiger partial charge in [0.05, 0.1) is 12.3 Å². The molecule has 0 unspecified atom stereocenters. The summed E-state index contributed by atoms with van der Waals surface area (Å²) in [5, 5.41) is 9.12. The van der Waals surface area contributed by atoms with E-state index in [9.17, 15) is 4.79 Å². The molecule has 0 saturated carbocycles. The molecule has 0 saturated heterocycles. The van der Waals surface area contributed by atoms with Crippen molar-refractivity contribution in [2.75, 3.05) is 6.61 Å². The lowest BCUT2D eigenvalue weighted by Gasteiger charge is -2.11. The second-order valence-corrected chi connectivity index (χ2v) is 4.08. The minimum absolute atomic E-state index is 0.173. The number of pyridine rings is 1. The summed E-state index contributed by atoms with van der Waals surface area (Å²) < 4.78 is 5.54. The average Bonchev–Trinajstić information content (AvgIpc) is 2.22. The van der Waals surface area contributed by atoms with Crippen LogP contribution >= 0.6 is 0 Å². The van der Waals surface area contributed by atoms with Crippen molar-refractivity contribution in [1.82, 2.24) is 4.98 Å². The highest BCUT2D eigenvalue weighted by molar-refractivity contribution is 5.92. The largest absolute Gasteiger partial charge is 0.493 e. The highest BCUT2D eigenvalue weighted by atomic mass is 16.5. The minimum atomic E-state index is -0.986. The Morgan fingerprint density at radius 1 is 1.41 bits per heavy atom. The van der Waals surface area contributed by atoms with Crippen LogP contribution in [0, 0.1) is 13.8 Å². The van der Waals surface area contributed by atoms with Crippen LogP contribution in [0.1, 0.15) is 47.9 Å². The molecule has 4 nitrogen and oxygen atoms in total. The van der Waals surface area contributed by atoms with E-state index in [-0.39, 0.29) is 5.56 Å². The number of aromatic nitrogens is 1. The van der Waals surface area contributed by atoms with E-state index in [4.69, 9.17) is 9.84 Å². The minimum Gasteiger partial charge on any atom is -0.493 e. The molecular formula is C13H19NO3. The lowest BCUT2D eigenvalue weighted by Crippen LogP contribution is -2.08. The number of ether oxygens (including phenoxy) is 1. The third-order valence-corrected chi connectivity index (χ3v) is 2.51. The molecule has 0 fully saturated rings. The van der Waals surface area contributed by atoms with Gasteiger partial charge in [0.25, 0.3) is 0 Å². The molecule has 1 heterocycles. The van der Waals surface area contributed by atoms with Crippen molar-refractivity contribution >= 4 is 5.97 Å². The Balaban J connectivity index is 2.85. The van der Waals surface area contributed by atoms with Crippen LogP contribution < -0.4 is 4.74 Å². The number of carbonyl (C=O) groups is 1. The maximum atomic E-state index is 11.1. The van der Waals surface area contributed by atoms with E-state index < -0.39 is 5.97 Å². The van der Waals surface area contributed by atoms with Crippen LogP contribution in [-0.2, 0) is 0 Å². The first-order chi connectivity index (χ1) is 8.06. The summed E-state index contributed by atoms with van der Waals surface area (Å²) in [4.78, 5) is 15.3. The smallest absolute Gasteiger partial charge is 0.341 e. The lowest BCUT2D eigenvalue weighted by atomic mass is 10.1. The Kier molecular flexibility index (Phi) is 4.94. The third-order valence-electron chi connectivity index (χ3n) is 2.51. The molecular weight excluding hydrogens is 218 g/mol. The molecule has 0 aliphatic carbocycles. The quantitative estimate of drug-likeness (QED) is 0.773. The molecule has 0 aliphatic rings. The molecule has 1 aromatic rings. The Bertz CT molecular complexity index is 402. The van der Waals surface area contributed by atoms with Gasteiger partial charge in [-0.3, -0.25) is 4.98 Å². The Morgan fingerprint density at radius 3 is 2.71 bits per heavy atom. The molecule has 0 atom stereocenters. The molecule has 0 radical (unpaired) electrons. The van der Waals surface area contributed by atoms with Gasteiger partial charge in [-0.05, 0) is 20.3 Å². The molecule has 1 aromatic heterocycles. The zero-order valence-electron chi connectivity index (χ0n) is 10.6. The lowest BCUT2D eigenvalue weighted by molar-refractivity contribution is 0.0690. The van der Waals surface area contributed by atoms with Crippen molar-refractivity contribution in [1.29, 1.82) is 0 Å². The van der Waals surface area contributed by atoms with E-state index in [2.05, 4.69) is 11.9 Å². The molecule has 94 valence electrons. The summed E-state index contributed by atoms with van der Waals surface area (Å²) in [7, 11) is 0. The normalized spacial score (nSPS) is 10.3. The van der Waals surface area contributed by atoms with Gasteiger partial charge in [-0.15, -0.1) is 0 Å². The van der Waals surface area contributed by atoms with Gasteiger partial charge in [0.1, 0.15) is 11.3 Å². The van der Waals surface area contributed by atoms with Crippen molar-refractivity contribution < 1.29 is 14.6 Å². The van der Waals surface area contributed by atoms with Crippen LogP contribution in [0.3, 0.4) is 0 Å². The molecule has 0 amide bonds. The van der Waals surface area contributed by atoms with Crippen LogP contribution in [0.25, 0.3) is 0 Å². The number of unbranched alkanes of at least 4 members (excludes halogenated alkanes) is 2. The number of hydrogen-bond donors (Lipinski definition) is 1. The highest BCUT2D eigenvalue weighted by Gasteiger charge is 2.16. The fraction of sp³-hybridized carbons (Fsp3) is 0.538. The second-order valence-electron chi connectivity index (χ2n) is 4.08. The molecule has 0 spiro atoms. The number of hydrogen-bond acceptors (Lipinski definition) is 3. The van der Waals surface area contributed by atoms with Crippen LogP contribution in [0.4, 0.5) is 0 Å². The Labute approximate surface area is 102 Å². The predicted octanol–water partition coefficient (Wildman–Crippen LogP) is 2.97. The third kappa shape index (κ3) is 3.73. The van der Waals surface area contributed by atoms with Crippen LogP contribution in [0.2, 0.25) is 0 Å². The molecule has 0 aliphatic heterocycles. The molecule has 0 aromatic carbocycles. The zero-order chi connectivity index (χ0) is 12.8. The van der Waals surface area contributed by atoms with Crippen LogP contribution in [-0.4, -0.2) is 22.7 Å². The van der Waals surface area contributed by atoms with E-state index in [0.717, 1.165) is 25.0 Å². The molecule has 1 N–H and O–H groups in total. The first kappa shape index (κ1) is 13.5. The first-order valence-electron chi connectivity index (χ1n) is 5.90. The monoisotopic (exact) mass is 237 g/mol. The van der Waals surface area contributed by atoms with Crippen molar-refractivity contribution in [3.05, 3.63) is 23.0 Å². The second kappa shape index (κ2) is 6.23. The SMILES string of the molecule is CCCCCOc1cc(C)nc(C)c1C(=O)O.